The van der Waals surface area contributed by atoms with E-state index in [1.807, 2.05) is 0 Å². The van der Waals surface area contributed by atoms with Gasteiger partial charge >= 0.3 is 5.69 Å². The fourth-order valence-electron chi connectivity index (χ4n) is 0.951. The van der Waals surface area contributed by atoms with E-state index in [2.05, 4.69) is 9.97 Å². The molecule has 2 aromatic heterocycles. The molecule has 0 amide bonds. The van der Waals surface area contributed by atoms with Crippen LogP contribution in [0.3, 0.4) is 0 Å². The SMILES string of the molecule is [2H]C([2H])([2H])n1c(=O)[nH]c2ccncc21. The number of fused-ring (bicyclic) bond motifs is 1. The van der Waals surface area contributed by atoms with Gasteiger partial charge in [0.15, 0.2) is 0 Å². The van der Waals surface area contributed by atoms with Gasteiger partial charge in [-0.15, -0.1) is 0 Å². The van der Waals surface area contributed by atoms with Crippen molar-refractivity contribution in [3.8, 4) is 0 Å². The minimum atomic E-state index is -2.47. The summed E-state index contributed by atoms with van der Waals surface area (Å²) in [5.41, 5.74) is 0.117. The van der Waals surface area contributed by atoms with Crippen LogP contribution in [0, 0.1) is 0 Å². The number of H-pyrrole nitrogens is 1. The molecule has 1 N–H and O–H groups in total. The van der Waals surface area contributed by atoms with Crippen LogP contribution in [0.4, 0.5) is 0 Å². The number of hydrogen-bond acceptors (Lipinski definition) is 2. The van der Waals surface area contributed by atoms with Crippen molar-refractivity contribution in [2.45, 2.75) is 0 Å². The van der Waals surface area contributed by atoms with Gasteiger partial charge in [0.25, 0.3) is 0 Å². The third kappa shape index (κ3) is 0.756. The van der Waals surface area contributed by atoms with Crippen LogP contribution in [-0.4, -0.2) is 14.5 Å². The highest BCUT2D eigenvalue weighted by molar-refractivity contribution is 5.73. The summed E-state index contributed by atoms with van der Waals surface area (Å²) in [6.45, 7) is -2.47. The van der Waals surface area contributed by atoms with Gasteiger partial charge < -0.3 is 4.98 Å². The molecular weight excluding hydrogens is 142 g/mol. The lowest BCUT2D eigenvalue weighted by atomic mass is 10.4. The van der Waals surface area contributed by atoms with E-state index in [0.29, 0.717) is 5.52 Å². The normalized spacial score (nSPS) is 15.8. The van der Waals surface area contributed by atoms with E-state index in [1.165, 1.54) is 12.4 Å². The molecule has 4 heteroatoms. The first-order valence-corrected chi connectivity index (χ1v) is 3.05. The third-order valence-corrected chi connectivity index (χ3v) is 1.49. The maximum absolute atomic E-state index is 11.3. The first-order chi connectivity index (χ1) is 6.50. The predicted octanol–water partition coefficient (Wildman–Crippen LogP) is 0.262. The number of nitrogens with one attached hydrogen (secondary N) is 1. The summed E-state index contributed by atoms with van der Waals surface area (Å²) in [5, 5.41) is 0. The molecular formula is C7H7N3O. The van der Waals surface area contributed by atoms with Crippen LogP contribution in [0.15, 0.2) is 23.3 Å². The summed E-state index contributed by atoms with van der Waals surface area (Å²) < 4.78 is 22.2. The van der Waals surface area contributed by atoms with Crippen molar-refractivity contribution >= 4 is 11.0 Å². The topological polar surface area (TPSA) is 50.7 Å². The molecule has 2 rings (SSSR count). The lowest BCUT2D eigenvalue weighted by Crippen LogP contribution is -2.11. The Balaban J connectivity index is 2.88. The molecule has 0 saturated heterocycles. The fourth-order valence-corrected chi connectivity index (χ4v) is 0.951. The van der Waals surface area contributed by atoms with Crippen LogP contribution >= 0.6 is 0 Å². The first-order valence-electron chi connectivity index (χ1n) is 4.55. The molecule has 0 fully saturated rings. The zero-order valence-corrected chi connectivity index (χ0v) is 5.53. The molecule has 0 unspecified atom stereocenters. The van der Waals surface area contributed by atoms with Crippen molar-refractivity contribution in [3.63, 3.8) is 0 Å². The molecule has 0 aromatic carbocycles. The van der Waals surface area contributed by atoms with Gasteiger partial charge in [0, 0.05) is 17.3 Å². The van der Waals surface area contributed by atoms with Gasteiger partial charge in [-0.2, -0.15) is 0 Å². The van der Waals surface area contributed by atoms with E-state index in [9.17, 15) is 4.79 Å². The second kappa shape index (κ2) is 1.95. The largest absolute Gasteiger partial charge is 0.326 e. The monoisotopic (exact) mass is 152 g/mol. The Morgan fingerprint density at radius 2 is 2.73 bits per heavy atom. The van der Waals surface area contributed by atoms with E-state index in [1.54, 1.807) is 6.07 Å². The number of nitrogens with zero attached hydrogens (tertiary/aromatic N) is 2. The number of aromatic nitrogens is 3. The van der Waals surface area contributed by atoms with E-state index >= 15 is 0 Å². The Morgan fingerprint density at radius 1 is 1.82 bits per heavy atom. The molecule has 0 aliphatic carbocycles. The number of imidazole rings is 1. The van der Waals surface area contributed by atoms with E-state index in [0.717, 1.165) is 4.57 Å². The van der Waals surface area contributed by atoms with Gasteiger partial charge in [-0.1, -0.05) is 0 Å². The van der Waals surface area contributed by atoms with Crippen LogP contribution < -0.4 is 5.69 Å². The van der Waals surface area contributed by atoms with Gasteiger partial charge in [-0.25, -0.2) is 4.79 Å². The Hall–Kier alpha value is -1.58. The molecule has 0 spiro atoms. The number of aryl methyl sites for hydroxylation is 1. The van der Waals surface area contributed by atoms with Gasteiger partial charge in [0.2, 0.25) is 0 Å². The molecule has 0 bridgehead atoms. The van der Waals surface area contributed by atoms with Crippen LogP contribution in [-0.2, 0) is 6.98 Å². The number of aromatic amines is 1. The lowest BCUT2D eigenvalue weighted by molar-refractivity contribution is 0.890. The van der Waals surface area contributed by atoms with Crippen LogP contribution in [0.2, 0.25) is 0 Å². The summed E-state index contributed by atoms with van der Waals surface area (Å²) in [7, 11) is 0. The molecule has 56 valence electrons. The van der Waals surface area contributed by atoms with Crippen LogP contribution in [0.5, 0.6) is 0 Å². The van der Waals surface area contributed by atoms with Gasteiger partial charge in [0.1, 0.15) is 0 Å². The van der Waals surface area contributed by atoms with Crippen molar-refractivity contribution in [1.29, 1.82) is 0 Å². The highest BCUT2D eigenvalue weighted by atomic mass is 16.1. The summed E-state index contributed by atoms with van der Waals surface area (Å²) in [6, 6.07) is 1.55. The Morgan fingerprint density at radius 3 is 3.55 bits per heavy atom. The van der Waals surface area contributed by atoms with Gasteiger partial charge in [-0.05, 0) is 6.07 Å². The molecule has 0 atom stereocenters. The predicted molar refractivity (Wildman–Crippen MR) is 41.3 cm³/mol. The van der Waals surface area contributed by atoms with Crippen molar-refractivity contribution in [3.05, 3.63) is 28.9 Å². The zero-order valence-electron chi connectivity index (χ0n) is 8.53. The molecule has 0 aliphatic rings. The number of hydrogen-bond donors (Lipinski definition) is 1. The Labute approximate surface area is 66.7 Å². The number of rotatable bonds is 0. The second-order valence-electron chi connectivity index (χ2n) is 2.16. The molecule has 11 heavy (non-hydrogen) atoms. The van der Waals surface area contributed by atoms with Gasteiger partial charge in [0.05, 0.1) is 17.2 Å². The standard InChI is InChI=1S/C7H7N3O/c1-10-6-4-8-3-2-5(6)9-7(10)11/h2-4H,1H3,(H,9,11)/i1D3. The zero-order chi connectivity index (χ0) is 10.3. The third-order valence-electron chi connectivity index (χ3n) is 1.49. The summed E-state index contributed by atoms with van der Waals surface area (Å²) in [4.78, 5) is 17.5. The Bertz CT molecular complexity index is 525. The second-order valence-corrected chi connectivity index (χ2v) is 2.16. The molecule has 2 heterocycles. The highest BCUT2D eigenvalue weighted by Crippen LogP contribution is 2.03. The fraction of sp³-hybridized carbons (Fsp3) is 0.143. The molecule has 0 aliphatic heterocycles. The smallest absolute Gasteiger partial charge is 0.305 e. The van der Waals surface area contributed by atoms with Crippen LogP contribution in [0.25, 0.3) is 11.0 Å². The maximum atomic E-state index is 11.3. The Kier molecular flexibility index (Phi) is 0.657. The molecule has 0 saturated carbocycles. The minimum absolute atomic E-state index is 0.289. The van der Waals surface area contributed by atoms with Crippen molar-refractivity contribution in [2.24, 2.45) is 6.98 Å². The molecule has 4 nitrogen and oxygen atoms in total. The number of pyridine rings is 1. The van der Waals surface area contributed by atoms with Crippen molar-refractivity contribution in [2.75, 3.05) is 0 Å². The average molecular weight is 152 g/mol. The lowest BCUT2D eigenvalue weighted by Gasteiger charge is -1.88. The summed E-state index contributed by atoms with van der Waals surface area (Å²) in [5.74, 6) is 0. The van der Waals surface area contributed by atoms with E-state index in [-0.39, 0.29) is 5.52 Å². The van der Waals surface area contributed by atoms with Crippen molar-refractivity contribution in [1.82, 2.24) is 14.5 Å². The average Bonchev–Trinajstić information content (AvgIpc) is 2.38. The summed E-state index contributed by atoms with van der Waals surface area (Å²) >= 11 is 0. The summed E-state index contributed by atoms with van der Waals surface area (Å²) in [6.07, 6.45) is 2.84. The minimum Gasteiger partial charge on any atom is -0.305 e. The first kappa shape index (κ1) is 3.71. The van der Waals surface area contributed by atoms with Crippen molar-refractivity contribution < 1.29 is 4.11 Å². The molecule has 2 aromatic rings. The maximum Gasteiger partial charge on any atom is 0.326 e. The van der Waals surface area contributed by atoms with Crippen LogP contribution in [0.1, 0.15) is 4.11 Å². The molecule has 0 radical (unpaired) electrons. The van der Waals surface area contributed by atoms with E-state index in [4.69, 9.17) is 4.11 Å². The van der Waals surface area contributed by atoms with Gasteiger partial charge in [-0.3, -0.25) is 9.55 Å². The quantitative estimate of drug-likeness (QED) is 0.588. The highest BCUT2D eigenvalue weighted by Gasteiger charge is 1.99. The van der Waals surface area contributed by atoms with E-state index < -0.39 is 12.7 Å².